The van der Waals surface area contributed by atoms with Gasteiger partial charge in [0.25, 0.3) is 0 Å². The number of anilines is 1. The van der Waals surface area contributed by atoms with E-state index in [0.29, 0.717) is 18.3 Å². The number of nitrogens with zero attached hydrogens (tertiary/aromatic N) is 2. The molecule has 0 aliphatic heterocycles. The van der Waals surface area contributed by atoms with E-state index in [1.54, 1.807) is 25.6 Å². The predicted octanol–water partition coefficient (Wildman–Crippen LogP) is 3.22. The molecule has 0 bridgehead atoms. The average Bonchev–Trinajstić information content (AvgIpc) is 2.99. The summed E-state index contributed by atoms with van der Waals surface area (Å²) >= 11 is 1.71. The summed E-state index contributed by atoms with van der Waals surface area (Å²) in [5.41, 5.74) is 7.77. The van der Waals surface area contributed by atoms with Crippen LogP contribution >= 0.6 is 11.3 Å². The number of ether oxygens (including phenoxy) is 2. The van der Waals surface area contributed by atoms with Gasteiger partial charge < -0.3 is 20.5 Å². The number of methoxy groups -OCH3 is 2. The van der Waals surface area contributed by atoms with Gasteiger partial charge in [-0.3, -0.25) is 4.99 Å². The van der Waals surface area contributed by atoms with Gasteiger partial charge in [0, 0.05) is 23.7 Å². The number of benzene rings is 1. The molecule has 24 heavy (non-hydrogen) atoms. The van der Waals surface area contributed by atoms with E-state index in [1.165, 1.54) is 5.01 Å². The van der Waals surface area contributed by atoms with E-state index < -0.39 is 0 Å². The number of aromatic nitrogens is 1. The molecule has 0 aliphatic rings. The van der Waals surface area contributed by atoms with Crippen molar-refractivity contribution in [2.45, 2.75) is 26.2 Å². The van der Waals surface area contributed by atoms with Crippen LogP contribution in [0.3, 0.4) is 0 Å². The van der Waals surface area contributed by atoms with E-state index >= 15 is 0 Å². The second-order valence-electron chi connectivity index (χ2n) is 5.30. The summed E-state index contributed by atoms with van der Waals surface area (Å²) < 4.78 is 10.5. The summed E-state index contributed by atoms with van der Waals surface area (Å²) in [4.78, 5) is 8.81. The van der Waals surface area contributed by atoms with Gasteiger partial charge in [0.1, 0.15) is 11.5 Å². The molecule has 0 amide bonds. The zero-order chi connectivity index (χ0) is 17.4. The largest absolute Gasteiger partial charge is 0.497 e. The van der Waals surface area contributed by atoms with E-state index in [-0.39, 0.29) is 0 Å². The summed E-state index contributed by atoms with van der Waals surface area (Å²) in [5, 5.41) is 6.32. The number of hydrogen-bond donors (Lipinski definition) is 2. The van der Waals surface area contributed by atoms with Crippen molar-refractivity contribution < 1.29 is 9.47 Å². The fraction of sp³-hybridized carbons (Fsp3) is 0.412. The monoisotopic (exact) mass is 348 g/mol. The standard InChI is InChI=1S/C17H24N4O2S/c1-12-11-24-16(20-12)6-4-5-9-19-17(18)21-14-10-13(22-2)7-8-15(14)23-3/h7-8,10-11H,4-6,9H2,1-3H3,(H3,18,19,21). The van der Waals surface area contributed by atoms with Gasteiger partial charge >= 0.3 is 0 Å². The van der Waals surface area contributed by atoms with E-state index in [1.807, 2.05) is 25.1 Å². The fourth-order valence-electron chi connectivity index (χ4n) is 2.19. The minimum atomic E-state index is 0.367. The zero-order valence-corrected chi connectivity index (χ0v) is 15.2. The predicted molar refractivity (Wildman–Crippen MR) is 99.4 cm³/mol. The van der Waals surface area contributed by atoms with Crippen LogP contribution in [0.15, 0.2) is 28.6 Å². The minimum absolute atomic E-state index is 0.367. The Morgan fingerprint density at radius 1 is 1.29 bits per heavy atom. The molecule has 1 aromatic carbocycles. The van der Waals surface area contributed by atoms with E-state index in [9.17, 15) is 0 Å². The van der Waals surface area contributed by atoms with Crippen LogP contribution in [0.1, 0.15) is 23.5 Å². The Hall–Kier alpha value is -2.28. The second-order valence-corrected chi connectivity index (χ2v) is 6.24. The lowest BCUT2D eigenvalue weighted by Gasteiger charge is -2.12. The molecule has 6 nitrogen and oxygen atoms in total. The number of unbranched alkanes of at least 4 members (excludes halogenated alkanes) is 1. The Bertz CT molecular complexity index is 685. The molecule has 2 aromatic rings. The Labute approximate surface area is 146 Å². The number of guanidine groups is 1. The van der Waals surface area contributed by atoms with E-state index in [2.05, 4.69) is 20.7 Å². The molecule has 0 fully saturated rings. The van der Waals surface area contributed by atoms with Gasteiger partial charge in [-0.2, -0.15) is 0 Å². The Morgan fingerprint density at radius 3 is 2.79 bits per heavy atom. The molecule has 1 heterocycles. The first-order valence-electron chi connectivity index (χ1n) is 7.82. The maximum Gasteiger partial charge on any atom is 0.193 e. The summed E-state index contributed by atoms with van der Waals surface area (Å²) in [5.74, 6) is 1.78. The maximum atomic E-state index is 5.95. The molecule has 3 N–H and O–H groups in total. The third-order valence-electron chi connectivity index (χ3n) is 3.42. The van der Waals surface area contributed by atoms with Crippen molar-refractivity contribution in [1.29, 1.82) is 0 Å². The van der Waals surface area contributed by atoms with Crippen molar-refractivity contribution in [3.63, 3.8) is 0 Å². The number of nitrogens with one attached hydrogen (secondary N) is 1. The van der Waals surface area contributed by atoms with Gasteiger partial charge in [-0.1, -0.05) is 0 Å². The van der Waals surface area contributed by atoms with Crippen molar-refractivity contribution in [1.82, 2.24) is 4.98 Å². The number of aryl methyl sites for hydroxylation is 2. The third kappa shape index (κ3) is 5.42. The lowest BCUT2D eigenvalue weighted by Crippen LogP contribution is -2.23. The number of aliphatic imine (C=N–C) groups is 1. The van der Waals surface area contributed by atoms with Crippen LogP contribution in [0.25, 0.3) is 0 Å². The summed E-state index contributed by atoms with van der Waals surface area (Å²) in [6.45, 7) is 2.69. The normalized spacial score (nSPS) is 11.4. The van der Waals surface area contributed by atoms with Crippen LogP contribution in [0, 0.1) is 6.92 Å². The number of thiazole rings is 1. The molecule has 7 heteroatoms. The molecule has 0 spiro atoms. The number of nitrogens with two attached hydrogens (primary N) is 1. The molecule has 2 rings (SSSR count). The number of rotatable bonds is 8. The van der Waals surface area contributed by atoms with Gasteiger partial charge in [0.15, 0.2) is 5.96 Å². The van der Waals surface area contributed by atoms with Crippen molar-refractivity contribution in [3.8, 4) is 11.5 Å². The summed E-state index contributed by atoms with van der Waals surface area (Å²) in [7, 11) is 3.23. The van der Waals surface area contributed by atoms with Crippen molar-refractivity contribution >= 4 is 23.0 Å². The van der Waals surface area contributed by atoms with Crippen LogP contribution in [0.4, 0.5) is 5.69 Å². The Kier molecular flexibility index (Phi) is 6.87. The first-order chi connectivity index (χ1) is 11.6. The SMILES string of the molecule is COc1ccc(OC)c(NC(N)=NCCCCc2nc(C)cs2)c1. The first-order valence-corrected chi connectivity index (χ1v) is 8.70. The van der Waals surface area contributed by atoms with Gasteiger partial charge in [-0.25, -0.2) is 4.98 Å². The summed E-state index contributed by atoms with van der Waals surface area (Å²) in [6, 6.07) is 5.48. The van der Waals surface area contributed by atoms with E-state index in [4.69, 9.17) is 15.2 Å². The Balaban J connectivity index is 1.81. The quantitative estimate of drug-likeness (QED) is 0.435. The second kappa shape index (κ2) is 9.12. The van der Waals surface area contributed by atoms with Gasteiger partial charge in [-0.15, -0.1) is 11.3 Å². The lowest BCUT2D eigenvalue weighted by molar-refractivity contribution is 0.405. The highest BCUT2D eigenvalue weighted by atomic mass is 32.1. The topological polar surface area (TPSA) is 81.8 Å². The smallest absolute Gasteiger partial charge is 0.193 e. The van der Waals surface area contributed by atoms with Gasteiger partial charge in [0.2, 0.25) is 0 Å². The fourth-order valence-corrected chi connectivity index (χ4v) is 3.01. The first kappa shape index (κ1) is 18.1. The highest BCUT2D eigenvalue weighted by Gasteiger charge is 2.06. The highest BCUT2D eigenvalue weighted by Crippen LogP contribution is 2.28. The third-order valence-corrected chi connectivity index (χ3v) is 4.44. The van der Waals surface area contributed by atoms with Crippen LogP contribution in [-0.4, -0.2) is 31.7 Å². The minimum Gasteiger partial charge on any atom is -0.497 e. The molecule has 0 unspecified atom stereocenters. The van der Waals surface area contributed by atoms with Crippen LogP contribution < -0.4 is 20.5 Å². The lowest BCUT2D eigenvalue weighted by atomic mass is 10.2. The van der Waals surface area contributed by atoms with E-state index in [0.717, 1.165) is 36.4 Å². The molecule has 0 radical (unpaired) electrons. The molecule has 0 saturated heterocycles. The summed E-state index contributed by atoms with van der Waals surface area (Å²) in [6.07, 6.45) is 3.01. The van der Waals surface area contributed by atoms with Crippen LogP contribution in [-0.2, 0) is 6.42 Å². The molecule has 0 atom stereocenters. The average molecular weight is 348 g/mol. The molecular weight excluding hydrogens is 324 g/mol. The number of hydrogen-bond acceptors (Lipinski definition) is 5. The molecule has 0 aliphatic carbocycles. The molecule has 1 aromatic heterocycles. The molecular formula is C17H24N4O2S. The van der Waals surface area contributed by atoms with Gasteiger partial charge in [0.05, 0.1) is 24.9 Å². The zero-order valence-electron chi connectivity index (χ0n) is 14.3. The van der Waals surface area contributed by atoms with Crippen LogP contribution in [0.2, 0.25) is 0 Å². The van der Waals surface area contributed by atoms with Crippen molar-refractivity contribution in [3.05, 3.63) is 34.3 Å². The van der Waals surface area contributed by atoms with Gasteiger partial charge in [-0.05, 0) is 38.3 Å². The molecule has 130 valence electrons. The Morgan fingerprint density at radius 2 is 2.12 bits per heavy atom. The van der Waals surface area contributed by atoms with Crippen molar-refractivity contribution in [2.75, 3.05) is 26.1 Å². The maximum absolute atomic E-state index is 5.95. The highest BCUT2D eigenvalue weighted by molar-refractivity contribution is 7.09. The molecule has 0 saturated carbocycles. The van der Waals surface area contributed by atoms with Crippen molar-refractivity contribution in [2.24, 2.45) is 10.7 Å². The van der Waals surface area contributed by atoms with Crippen LogP contribution in [0.5, 0.6) is 11.5 Å².